The fraction of sp³-hybridized carbons (Fsp3) is 0.643. The summed E-state index contributed by atoms with van der Waals surface area (Å²) in [5.41, 5.74) is 7.56. The van der Waals surface area contributed by atoms with Crippen LogP contribution >= 0.6 is 12.4 Å². The molecule has 0 aliphatic carbocycles. The molecule has 0 aromatic carbocycles. The lowest BCUT2D eigenvalue weighted by Crippen LogP contribution is -2.45. The molecule has 2 N–H and O–H groups in total. The zero-order valence-corrected chi connectivity index (χ0v) is 12.6. The van der Waals surface area contributed by atoms with Gasteiger partial charge in [0.05, 0.1) is 0 Å². The van der Waals surface area contributed by atoms with Crippen molar-refractivity contribution in [2.45, 2.75) is 38.6 Å². The minimum atomic E-state index is 0. The smallest absolute Gasteiger partial charge is 0.270 e. The van der Waals surface area contributed by atoms with Gasteiger partial charge in [-0.3, -0.25) is 4.79 Å². The molecule has 0 radical (unpaired) electrons. The second-order valence-corrected chi connectivity index (χ2v) is 5.14. The summed E-state index contributed by atoms with van der Waals surface area (Å²) in [6.07, 6.45) is 4.32. The van der Waals surface area contributed by atoms with E-state index in [0.29, 0.717) is 12.6 Å². The highest BCUT2D eigenvalue weighted by Gasteiger charge is 2.28. The average molecular weight is 286 g/mol. The third-order valence-electron chi connectivity index (χ3n) is 3.98. The maximum Gasteiger partial charge on any atom is 0.270 e. The van der Waals surface area contributed by atoms with E-state index in [1.807, 2.05) is 35.6 Å². The molecule has 2 heterocycles. The van der Waals surface area contributed by atoms with Crippen molar-refractivity contribution >= 4 is 18.3 Å². The fourth-order valence-electron chi connectivity index (χ4n) is 2.74. The molecule has 19 heavy (non-hydrogen) atoms. The fourth-order valence-corrected chi connectivity index (χ4v) is 2.74. The topological polar surface area (TPSA) is 51.3 Å². The van der Waals surface area contributed by atoms with Crippen molar-refractivity contribution in [3.8, 4) is 0 Å². The van der Waals surface area contributed by atoms with Crippen LogP contribution in [-0.2, 0) is 7.05 Å². The zero-order chi connectivity index (χ0) is 13.1. The Morgan fingerprint density at radius 2 is 2.16 bits per heavy atom. The van der Waals surface area contributed by atoms with Crippen LogP contribution in [0.2, 0.25) is 0 Å². The summed E-state index contributed by atoms with van der Waals surface area (Å²) in [4.78, 5) is 14.6. The summed E-state index contributed by atoms with van der Waals surface area (Å²) >= 11 is 0. The second kappa shape index (κ2) is 6.96. The van der Waals surface area contributed by atoms with Gasteiger partial charge in [-0.15, -0.1) is 12.4 Å². The van der Waals surface area contributed by atoms with E-state index in [1.165, 1.54) is 6.42 Å². The Morgan fingerprint density at radius 3 is 2.74 bits per heavy atom. The lowest BCUT2D eigenvalue weighted by atomic mass is 9.99. The van der Waals surface area contributed by atoms with Crippen molar-refractivity contribution in [3.05, 3.63) is 23.5 Å². The first-order valence-corrected chi connectivity index (χ1v) is 6.78. The molecule has 2 rings (SSSR count). The first kappa shape index (κ1) is 16.1. The molecule has 1 saturated heterocycles. The van der Waals surface area contributed by atoms with Crippen molar-refractivity contribution in [1.29, 1.82) is 0 Å². The van der Waals surface area contributed by atoms with E-state index in [4.69, 9.17) is 5.73 Å². The summed E-state index contributed by atoms with van der Waals surface area (Å²) in [6, 6.07) is 4.24. The highest BCUT2D eigenvalue weighted by Crippen LogP contribution is 2.22. The molecule has 1 aromatic heterocycles. The molecule has 108 valence electrons. The molecule has 0 bridgehead atoms. The summed E-state index contributed by atoms with van der Waals surface area (Å²) in [5.74, 6) is 0.156. The summed E-state index contributed by atoms with van der Waals surface area (Å²) in [5, 5.41) is 0. The van der Waals surface area contributed by atoms with Crippen molar-refractivity contribution in [2.24, 2.45) is 12.8 Å². The maximum atomic E-state index is 12.6. The molecule has 4 nitrogen and oxygen atoms in total. The quantitative estimate of drug-likeness (QED) is 0.925. The Hall–Kier alpha value is -1.00. The third kappa shape index (κ3) is 3.31. The van der Waals surface area contributed by atoms with Crippen LogP contribution in [0.3, 0.4) is 0 Å². The van der Waals surface area contributed by atoms with Crippen LogP contribution < -0.4 is 5.73 Å². The number of aryl methyl sites for hydroxylation is 1. The Balaban J connectivity index is 0.00000180. The number of aromatic nitrogens is 1. The maximum absolute atomic E-state index is 12.6. The standard InChI is InChI=1S/C14H23N3O.ClH/c1-11-6-7-13(16(11)2)14(18)17-10-4-3-5-12(17)8-9-15;/h6-7,12H,3-5,8-10,15H2,1-2H3;1H. The minimum Gasteiger partial charge on any atom is -0.344 e. The lowest BCUT2D eigenvalue weighted by Gasteiger charge is -2.35. The Bertz CT molecular complexity index is 428. The molecule has 0 spiro atoms. The number of halogens is 1. The molecule has 1 aliphatic heterocycles. The highest BCUT2D eigenvalue weighted by atomic mass is 35.5. The van der Waals surface area contributed by atoms with E-state index in [2.05, 4.69) is 0 Å². The van der Waals surface area contributed by atoms with Gasteiger partial charge in [0.1, 0.15) is 5.69 Å². The van der Waals surface area contributed by atoms with E-state index in [-0.39, 0.29) is 18.3 Å². The van der Waals surface area contributed by atoms with Crippen LogP contribution in [0.4, 0.5) is 0 Å². The normalized spacial score (nSPS) is 19.1. The molecular weight excluding hydrogens is 262 g/mol. The van der Waals surface area contributed by atoms with Gasteiger partial charge in [0.2, 0.25) is 0 Å². The van der Waals surface area contributed by atoms with Gasteiger partial charge in [0, 0.05) is 25.3 Å². The predicted molar refractivity (Wildman–Crippen MR) is 79.7 cm³/mol. The Labute approximate surface area is 121 Å². The molecule has 1 aromatic rings. The molecule has 0 saturated carbocycles. The van der Waals surface area contributed by atoms with Gasteiger partial charge in [-0.05, 0) is 51.3 Å². The van der Waals surface area contributed by atoms with Gasteiger partial charge in [0.25, 0.3) is 5.91 Å². The number of hydrogen-bond acceptors (Lipinski definition) is 2. The molecule has 1 unspecified atom stereocenters. The number of nitrogens with zero attached hydrogens (tertiary/aromatic N) is 2. The summed E-state index contributed by atoms with van der Waals surface area (Å²) < 4.78 is 1.97. The zero-order valence-electron chi connectivity index (χ0n) is 11.8. The number of likely N-dealkylation sites (tertiary alicyclic amines) is 1. The number of amides is 1. The van der Waals surface area contributed by atoms with Gasteiger partial charge in [0.15, 0.2) is 0 Å². The van der Waals surface area contributed by atoms with Gasteiger partial charge in [-0.1, -0.05) is 0 Å². The molecule has 5 heteroatoms. The van der Waals surface area contributed by atoms with Crippen LogP contribution in [0.15, 0.2) is 12.1 Å². The summed E-state index contributed by atoms with van der Waals surface area (Å²) in [7, 11) is 1.95. The van der Waals surface area contributed by atoms with Gasteiger partial charge in [-0.2, -0.15) is 0 Å². The van der Waals surface area contributed by atoms with Gasteiger partial charge in [-0.25, -0.2) is 0 Å². The predicted octanol–water partition coefficient (Wildman–Crippen LogP) is 2.10. The summed E-state index contributed by atoms with van der Waals surface area (Å²) in [6.45, 7) is 3.54. The van der Waals surface area contributed by atoms with Crippen LogP contribution in [0.5, 0.6) is 0 Å². The van der Waals surface area contributed by atoms with Crippen LogP contribution in [-0.4, -0.2) is 34.5 Å². The van der Waals surface area contributed by atoms with E-state index in [1.54, 1.807) is 0 Å². The highest BCUT2D eigenvalue weighted by molar-refractivity contribution is 5.93. The van der Waals surface area contributed by atoms with Crippen LogP contribution in [0.1, 0.15) is 41.9 Å². The number of piperidine rings is 1. The molecular formula is C14H24ClN3O. The average Bonchev–Trinajstić information content (AvgIpc) is 2.70. The number of rotatable bonds is 3. The SMILES string of the molecule is Cc1ccc(C(=O)N2CCCCC2CCN)n1C.Cl. The number of hydrogen-bond donors (Lipinski definition) is 1. The lowest BCUT2D eigenvalue weighted by molar-refractivity contribution is 0.0595. The third-order valence-corrected chi connectivity index (χ3v) is 3.98. The molecule has 1 aliphatic rings. The molecule has 1 amide bonds. The van der Waals surface area contributed by atoms with Gasteiger partial charge < -0.3 is 15.2 Å². The first-order valence-electron chi connectivity index (χ1n) is 6.78. The van der Waals surface area contributed by atoms with Crippen LogP contribution in [0.25, 0.3) is 0 Å². The number of carbonyl (C=O) groups is 1. The first-order chi connectivity index (χ1) is 8.65. The monoisotopic (exact) mass is 285 g/mol. The van der Waals surface area contributed by atoms with Crippen LogP contribution in [0, 0.1) is 6.92 Å². The van der Waals surface area contributed by atoms with Crippen molar-refractivity contribution < 1.29 is 4.79 Å². The van der Waals surface area contributed by atoms with Crippen molar-refractivity contribution in [3.63, 3.8) is 0 Å². The number of carbonyl (C=O) groups excluding carboxylic acids is 1. The van der Waals surface area contributed by atoms with Crippen molar-refractivity contribution in [1.82, 2.24) is 9.47 Å². The molecule has 1 fully saturated rings. The minimum absolute atomic E-state index is 0. The molecule has 1 atom stereocenters. The van der Waals surface area contributed by atoms with E-state index < -0.39 is 0 Å². The Kier molecular flexibility index (Phi) is 5.88. The van der Waals surface area contributed by atoms with E-state index >= 15 is 0 Å². The van der Waals surface area contributed by atoms with E-state index in [9.17, 15) is 4.79 Å². The van der Waals surface area contributed by atoms with E-state index in [0.717, 1.165) is 37.2 Å². The van der Waals surface area contributed by atoms with Gasteiger partial charge >= 0.3 is 0 Å². The number of nitrogens with two attached hydrogens (primary N) is 1. The van der Waals surface area contributed by atoms with Crippen molar-refractivity contribution in [2.75, 3.05) is 13.1 Å². The Morgan fingerprint density at radius 1 is 1.42 bits per heavy atom. The second-order valence-electron chi connectivity index (χ2n) is 5.14. The largest absolute Gasteiger partial charge is 0.344 e.